The van der Waals surface area contributed by atoms with Crippen molar-refractivity contribution in [3.63, 3.8) is 0 Å². The van der Waals surface area contributed by atoms with Crippen LogP contribution in [0.1, 0.15) is 18.1 Å². The molecule has 0 heterocycles. The number of hydrogen-bond donors (Lipinski definition) is 2. The lowest BCUT2D eigenvalue weighted by atomic mass is 10.1. The molecule has 0 aromatic heterocycles. The van der Waals surface area contributed by atoms with Crippen molar-refractivity contribution >= 4 is 5.69 Å². The summed E-state index contributed by atoms with van der Waals surface area (Å²) in [6, 6.07) is 3.92. The minimum Gasteiger partial charge on any atom is -0.506 e. The van der Waals surface area contributed by atoms with E-state index in [0.717, 1.165) is 17.8 Å². The third-order valence-electron chi connectivity index (χ3n) is 1.81. The fraction of sp³-hybridized carbons (Fsp3) is 0.400. The summed E-state index contributed by atoms with van der Waals surface area (Å²) in [6.07, 6.45) is 0. The second kappa shape index (κ2) is 3.48. The number of phenolic OH excluding ortho intramolecular Hbond substituents is 1. The van der Waals surface area contributed by atoms with E-state index in [1.165, 1.54) is 5.56 Å². The van der Waals surface area contributed by atoms with Crippen LogP contribution in [0.5, 0.6) is 5.75 Å². The third kappa shape index (κ3) is 1.70. The van der Waals surface area contributed by atoms with Crippen LogP contribution in [0.15, 0.2) is 12.1 Å². The van der Waals surface area contributed by atoms with E-state index in [4.69, 9.17) is 0 Å². The third-order valence-corrected chi connectivity index (χ3v) is 1.81. The number of hydrogen-bond acceptors (Lipinski definition) is 2. The lowest BCUT2D eigenvalue weighted by Crippen LogP contribution is -1.97. The molecule has 0 radical (unpaired) electrons. The van der Waals surface area contributed by atoms with E-state index in [9.17, 15) is 5.11 Å². The molecule has 0 fully saturated rings. The van der Waals surface area contributed by atoms with Crippen LogP contribution in [0.3, 0.4) is 0 Å². The lowest BCUT2D eigenvalue weighted by Gasteiger charge is -2.09. The Bertz CT molecular complexity index is 281. The Morgan fingerprint density at radius 3 is 2.58 bits per heavy atom. The van der Waals surface area contributed by atoms with Gasteiger partial charge in [0.1, 0.15) is 5.75 Å². The summed E-state index contributed by atoms with van der Waals surface area (Å²) in [4.78, 5) is 0. The first kappa shape index (κ1) is 8.91. The maximum absolute atomic E-state index is 9.59. The highest BCUT2D eigenvalue weighted by molar-refractivity contribution is 5.60. The second-order valence-corrected chi connectivity index (χ2v) is 3.01. The van der Waals surface area contributed by atoms with E-state index in [1.54, 1.807) is 0 Å². The van der Waals surface area contributed by atoms with Crippen molar-refractivity contribution < 1.29 is 5.11 Å². The van der Waals surface area contributed by atoms with Crippen LogP contribution in [0.4, 0.5) is 5.69 Å². The molecule has 66 valence electrons. The van der Waals surface area contributed by atoms with E-state index in [0.29, 0.717) is 5.75 Å². The average Bonchev–Trinajstić information content (AvgIpc) is 2.00. The van der Waals surface area contributed by atoms with Gasteiger partial charge in [-0.1, -0.05) is 6.07 Å². The van der Waals surface area contributed by atoms with Gasteiger partial charge in [-0.25, -0.2) is 0 Å². The molecule has 0 saturated carbocycles. The van der Waals surface area contributed by atoms with Crippen LogP contribution in [0, 0.1) is 13.8 Å². The van der Waals surface area contributed by atoms with Crippen LogP contribution in [-0.2, 0) is 0 Å². The molecule has 1 aromatic rings. The van der Waals surface area contributed by atoms with E-state index >= 15 is 0 Å². The largest absolute Gasteiger partial charge is 0.506 e. The zero-order valence-electron chi connectivity index (χ0n) is 7.81. The Kier molecular flexibility index (Phi) is 2.58. The van der Waals surface area contributed by atoms with E-state index in [1.807, 2.05) is 32.9 Å². The van der Waals surface area contributed by atoms with Crippen LogP contribution >= 0.6 is 0 Å². The van der Waals surface area contributed by atoms with Gasteiger partial charge >= 0.3 is 0 Å². The highest BCUT2D eigenvalue weighted by Crippen LogP contribution is 2.28. The number of benzene rings is 1. The highest BCUT2D eigenvalue weighted by Gasteiger charge is 2.03. The van der Waals surface area contributed by atoms with Gasteiger partial charge in [0.15, 0.2) is 0 Å². The van der Waals surface area contributed by atoms with Crippen molar-refractivity contribution in [2.75, 3.05) is 11.9 Å². The summed E-state index contributed by atoms with van der Waals surface area (Å²) in [5, 5.41) is 12.7. The predicted octanol–water partition coefficient (Wildman–Crippen LogP) is 2.44. The SMILES string of the molecule is CCNc1cc(C)cc(C)c1O. The van der Waals surface area contributed by atoms with Gasteiger partial charge in [-0.2, -0.15) is 0 Å². The molecule has 0 spiro atoms. The molecule has 0 atom stereocenters. The zero-order valence-corrected chi connectivity index (χ0v) is 7.81. The summed E-state index contributed by atoms with van der Waals surface area (Å²) < 4.78 is 0. The topological polar surface area (TPSA) is 32.3 Å². The van der Waals surface area contributed by atoms with Gasteiger partial charge in [0.2, 0.25) is 0 Å². The number of nitrogens with one attached hydrogen (secondary N) is 1. The van der Waals surface area contributed by atoms with Gasteiger partial charge in [-0.05, 0) is 38.0 Å². The Morgan fingerprint density at radius 2 is 2.00 bits per heavy atom. The molecular formula is C10H15NO. The van der Waals surface area contributed by atoms with Crippen LogP contribution in [0.25, 0.3) is 0 Å². The summed E-state index contributed by atoms with van der Waals surface area (Å²) in [5.74, 6) is 0.363. The first-order valence-corrected chi connectivity index (χ1v) is 4.19. The standard InChI is InChI=1S/C10H15NO/c1-4-11-9-6-7(2)5-8(3)10(9)12/h5-6,11-12H,4H2,1-3H3. The number of anilines is 1. The molecule has 0 aliphatic rings. The van der Waals surface area contributed by atoms with Crippen molar-refractivity contribution in [2.24, 2.45) is 0 Å². The monoisotopic (exact) mass is 165 g/mol. The van der Waals surface area contributed by atoms with Crippen molar-refractivity contribution in [2.45, 2.75) is 20.8 Å². The molecule has 0 bridgehead atoms. The van der Waals surface area contributed by atoms with Crippen molar-refractivity contribution in [3.05, 3.63) is 23.3 Å². The maximum atomic E-state index is 9.59. The van der Waals surface area contributed by atoms with Crippen molar-refractivity contribution in [1.82, 2.24) is 0 Å². The molecule has 0 saturated heterocycles. The molecular weight excluding hydrogens is 150 g/mol. The second-order valence-electron chi connectivity index (χ2n) is 3.01. The zero-order chi connectivity index (χ0) is 9.14. The highest BCUT2D eigenvalue weighted by atomic mass is 16.3. The van der Waals surface area contributed by atoms with Gasteiger partial charge in [-0.15, -0.1) is 0 Å². The van der Waals surface area contributed by atoms with Crippen LogP contribution in [-0.4, -0.2) is 11.7 Å². The first-order chi connectivity index (χ1) is 5.65. The van der Waals surface area contributed by atoms with Crippen LogP contribution in [0.2, 0.25) is 0 Å². The predicted molar refractivity (Wildman–Crippen MR) is 51.7 cm³/mol. The normalized spacial score (nSPS) is 9.92. The molecule has 2 N–H and O–H groups in total. The Hall–Kier alpha value is -1.18. The minimum atomic E-state index is 0.363. The summed E-state index contributed by atoms with van der Waals surface area (Å²) in [6.45, 7) is 6.77. The van der Waals surface area contributed by atoms with Gasteiger partial charge in [-0.3, -0.25) is 0 Å². The fourth-order valence-electron chi connectivity index (χ4n) is 1.29. The molecule has 0 unspecified atom stereocenters. The smallest absolute Gasteiger partial charge is 0.141 e. The van der Waals surface area contributed by atoms with Gasteiger partial charge in [0, 0.05) is 6.54 Å². The number of rotatable bonds is 2. The molecule has 12 heavy (non-hydrogen) atoms. The quantitative estimate of drug-likeness (QED) is 0.660. The first-order valence-electron chi connectivity index (χ1n) is 4.19. The molecule has 2 heteroatoms. The maximum Gasteiger partial charge on any atom is 0.141 e. The van der Waals surface area contributed by atoms with Gasteiger partial charge in [0.05, 0.1) is 5.69 Å². The summed E-state index contributed by atoms with van der Waals surface area (Å²) in [7, 11) is 0. The van der Waals surface area contributed by atoms with Crippen molar-refractivity contribution in [3.8, 4) is 5.75 Å². The number of aromatic hydroxyl groups is 1. The van der Waals surface area contributed by atoms with Crippen LogP contribution < -0.4 is 5.32 Å². The van der Waals surface area contributed by atoms with Crippen molar-refractivity contribution in [1.29, 1.82) is 0 Å². The van der Waals surface area contributed by atoms with E-state index in [-0.39, 0.29) is 0 Å². The molecule has 1 aromatic carbocycles. The Balaban J connectivity index is 3.09. The van der Waals surface area contributed by atoms with Gasteiger partial charge < -0.3 is 10.4 Å². The molecule has 0 amide bonds. The minimum absolute atomic E-state index is 0.363. The lowest BCUT2D eigenvalue weighted by molar-refractivity contribution is 0.473. The Morgan fingerprint density at radius 1 is 1.33 bits per heavy atom. The molecule has 2 nitrogen and oxygen atoms in total. The average molecular weight is 165 g/mol. The number of aryl methyl sites for hydroxylation is 2. The fourth-order valence-corrected chi connectivity index (χ4v) is 1.29. The van der Waals surface area contributed by atoms with E-state index in [2.05, 4.69) is 5.32 Å². The number of phenols is 1. The van der Waals surface area contributed by atoms with Gasteiger partial charge in [0.25, 0.3) is 0 Å². The summed E-state index contributed by atoms with van der Waals surface area (Å²) >= 11 is 0. The Labute approximate surface area is 73.2 Å². The van der Waals surface area contributed by atoms with E-state index < -0.39 is 0 Å². The molecule has 0 aliphatic carbocycles. The molecule has 1 rings (SSSR count). The summed E-state index contributed by atoms with van der Waals surface area (Å²) in [5.41, 5.74) is 2.92. The molecule has 0 aliphatic heterocycles.